The number of fused-ring (bicyclic) bond motifs is 2. The van der Waals surface area contributed by atoms with Crippen LogP contribution in [0.1, 0.15) is 36.7 Å². The molecule has 0 radical (unpaired) electrons. The second kappa shape index (κ2) is 13.9. The molecule has 0 saturated heterocycles. The van der Waals surface area contributed by atoms with Gasteiger partial charge in [-0.25, -0.2) is 13.5 Å². The van der Waals surface area contributed by atoms with Crippen LogP contribution in [-0.2, 0) is 40.0 Å². The SMILES string of the molecule is C=CN1\C(=C/C=C(C)\C=C\c2n(CCCS(=O)(=O)O)c3cc(C(F)(F)F)ccc3[n+]2C)N(CCCS(=O)(=O)O)c2cc(C#N)c(F)cc21. The largest absolute Gasteiger partial charge is 0.416 e. The van der Waals surface area contributed by atoms with Gasteiger partial charge in [0.2, 0.25) is 0 Å². The fourth-order valence-electron chi connectivity index (χ4n) is 5.36. The number of hydrogen-bond acceptors (Lipinski definition) is 7. The molecule has 1 aliphatic heterocycles. The average Bonchev–Trinajstić information content (AvgIpc) is 3.41. The predicted octanol–water partition coefficient (Wildman–Crippen LogP) is 5.32. The molecule has 0 atom stereocenters. The Hall–Kier alpha value is -4.50. The molecule has 2 N–H and O–H groups in total. The number of aromatic nitrogens is 2. The van der Waals surface area contributed by atoms with Crippen LogP contribution in [0.25, 0.3) is 17.1 Å². The van der Waals surface area contributed by atoms with Gasteiger partial charge in [0.15, 0.2) is 11.0 Å². The molecule has 256 valence electrons. The van der Waals surface area contributed by atoms with Gasteiger partial charge < -0.3 is 9.80 Å². The van der Waals surface area contributed by atoms with Crippen molar-refractivity contribution in [1.29, 1.82) is 5.26 Å². The van der Waals surface area contributed by atoms with Gasteiger partial charge in [-0.05, 0) is 37.6 Å². The summed E-state index contributed by atoms with van der Waals surface area (Å²) >= 11 is 0. The number of hydrogen-bond donors (Lipinski definition) is 2. The van der Waals surface area contributed by atoms with E-state index in [4.69, 9.17) is 0 Å². The summed E-state index contributed by atoms with van der Waals surface area (Å²) in [7, 11) is -6.92. The molecule has 3 aromatic rings. The summed E-state index contributed by atoms with van der Waals surface area (Å²) in [5.41, 5.74) is 0.950. The highest BCUT2D eigenvalue weighted by Crippen LogP contribution is 2.43. The van der Waals surface area contributed by atoms with Gasteiger partial charge in [-0.2, -0.15) is 35.3 Å². The van der Waals surface area contributed by atoms with E-state index >= 15 is 0 Å². The summed E-state index contributed by atoms with van der Waals surface area (Å²) in [6, 6.07) is 7.52. The van der Waals surface area contributed by atoms with Crippen molar-refractivity contribution in [2.24, 2.45) is 7.05 Å². The zero-order chi connectivity index (χ0) is 35.6. The number of nitriles is 1. The van der Waals surface area contributed by atoms with Crippen molar-refractivity contribution in [1.82, 2.24) is 4.57 Å². The third-order valence-corrected chi connectivity index (χ3v) is 9.18. The van der Waals surface area contributed by atoms with E-state index in [9.17, 15) is 48.8 Å². The molecule has 0 unspecified atom stereocenters. The number of alkyl halides is 3. The molecular weight excluding hydrogens is 678 g/mol. The first-order chi connectivity index (χ1) is 22.3. The molecule has 0 spiro atoms. The minimum atomic E-state index is -4.61. The zero-order valence-corrected chi connectivity index (χ0v) is 27.4. The highest BCUT2D eigenvalue weighted by Gasteiger charge is 2.33. The first kappa shape index (κ1) is 36.3. The Morgan fingerprint density at radius 1 is 1.04 bits per heavy atom. The maximum absolute atomic E-state index is 14.6. The van der Waals surface area contributed by atoms with Crippen LogP contribution in [0, 0.1) is 17.1 Å². The van der Waals surface area contributed by atoms with Gasteiger partial charge in [-0.1, -0.05) is 24.3 Å². The Labute approximate surface area is 275 Å². The summed E-state index contributed by atoms with van der Waals surface area (Å²) in [6.07, 6.45) is 3.37. The Morgan fingerprint density at radius 3 is 2.27 bits per heavy atom. The predicted molar refractivity (Wildman–Crippen MR) is 172 cm³/mol. The number of allylic oxidation sites excluding steroid dienone is 4. The first-order valence-corrected chi connectivity index (χ1v) is 17.6. The van der Waals surface area contributed by atoms with Gasteiger partial charge in [0.25, 0.3) is 26.1 Å². The number of anilines is 2. The molecule has 11 nitrogen and oxygen atoms in total. The lowest BCUT2D eigenvalue weighted by Gasteiger charge is -2.23. The molecule has 0 aliphatic carbocycles. The van der Waals surface area contributed by atoms with Crippen molar-refractivity contribution >= 4 is 48.7 Å². The highest BCUT2D eigenvalue weighted by atomic mass is 32.2. The Balaban J connectivity index is 1.75. The quantitative estimate of drug-likeness (QED) is 0.110. The number of aryl methyl sites for hydroxylation is 2. The monoisotopic (exact) mass is 710 g/mol. The van der Waals surface area contributed by atoms with Gasteiger partial charge in [0.1, 0.15) is 17.7 Å². The summed E-state index contributed by atoms with van der Waals surface area (Å²) in [4.78, 5) is 3.20. The number of imidazole rings is 1. The average molecular weight is 711 g/mol. The maximum Gasteiger partial charge on any atom is 0.416 e. The Morgan fingerprint density at radius 2 is 1.69 bits per heavy atom. The molecule has 0 bridgehead atoms. The van der Waals surface area contributed by atoms with Crippen LogP contribution in [0.2, 0.25) is 0 Å². The van der Waals surface area contributed by atoms with E-state index < -0.39 is 49.3 Å². The molecule has 0 fully saturated rings. The van der Waals surface area contributed by atoms with Crippen LogP contribution >= 0.6 is 0 Å². The molecular formula is C31H32F4N5O6S2+. The van der Waals surface area contributed by atoms with Crippen LogP contribution < -0.4 is 14.4 Å². The van der Waals surface area contributed by atoms with E-state index in [0.29, 0.717) is 34.1 Å². The lowest BCUT2D eigenvalue weighted by molar-refractivity contribution is -0.647. The lowest BCUT2D eigenvalue weighted by atomic mass is 10.1. The van der Waals surface area contributed by atoms with E-state index in [0.717, 1.165) is 18.2 Å². The molecule has 1 aliphatic rings. The van der Waals surface area contributed by atoms with Crippen molar-refractivity contribution in [3.63, 3.8) is 0 Å². The molecule has 0 amide bonds. The first-order valence-electron chi connectivity index (χ1n) is 14.3. The van der Waals surface area contributed by atoms with Gasteiger partial charge in [0, 0.05) is 37.4 Å². The molecule has 2 aromatic carbocycles. The smallest absolute Gasteiger partial charge is 0.326 e. The second-order valence-electron chi connectivity index (χ2n) is 11.0. The Bertz CT molecular complexity index is 2110. The van der Waals surface area contributed by atoms with Crippen LogP contribution in [0.5, 0.6) is 0 Å². The van der Waals surface area contributed by atoms with E-state index in [1.165, 1.54) is 22.9 Å². The third kappa shape index (κ3) is 8.31. The number of rotatable bonds is 12. The molecule has 4 rings (SSSR count). The third-order valence-electron chi connectivity index (χ3n) is 7.57. The summed E-state index contributed by atoms with van der Waals surface area (Å²) in [5.74, 6) is -1.02. The van der Waals surface area contributed by atoms with Crippen LogP contribution in [0.3, 0.4) is 0 Å². The fraction of sp³-hybridized carbons (Fsp3) is 0.290. The Kier molecular flexibility index (Phi) is 10.5. The number of halogens is 4. The van der Waals surface area contributed by atoms with Crippen molar-refractivity contribution in [3.05, 3.63) is 95.5 Å². The van der Waals surface area contributed by atoms with Gasteiger partial charge in [-0.15, -0.1) is 0 Å². The normalized spacial score (nSPS) is 15.1. The highest BCUT2D eigenvalue weighted by molar-refractivity contribution is 7.86. The van der Waals surface area contributed by atoms with E-state index in [1.54, 1.807) is 58.7 Å². The fourth-order valence-corrected chi connectivity index (χ4v) is 6.35. The van der Waals surface area contributed by atoms with E-state index in [-0.39, 0.29) is 37.0 Å². The second-order valence-corrected chi connectivity index (χ2v) is 14.1. The lowest BCUT2D eigenvalue weighted by Crippen LogP contribution is -2.31. The summed E-state index contributed by atoms with van der Waals surface area (Å²) < 4.78 is 122. The minimum Gasteiger partial charge on any atom is -0.326 e. The van der Waals surface area contributed by atoms with E-state index in [1.807, 2.05) is 0 Å². The van der Waals surface area contributed by atoms with Gasteiger partial charge in [-0.3, -0.25) is 9.11 Å². The molecule has 2 heterocycles. The summed E-state index contributed by atoms with van der Waals surface area (Å²) in [5, 5.41) is 9.38. The molecule has 0 saturated carbocycles. The topological polar surface area (TPSA) is 148 Å². The summed E-state index contributed by atoms with van der Waals surface area (Å²) in [6.45, 7) is 5.58. The van der Waals surface area contributed by atoms with Gasteiger partial charge in [0.05, 0.1) is 47.6 Å². The van der Waals surface area contributed by atoms with Crippen molar-refractivity contribution in [3.8, 4) is 6.07 Å². The standard InChI is InChI=1S/C31H31F4N5O6S2/c1-4-38-28-19-24(32)22(20-36)17-26(28)40(14-6-16-48(44,45)46)30(38)12-8-21(2)7-11-29-37(3)25-10-9-23(31(33,34)35)18-27(25)39(29)13-5-15-47(41,42)43/h4,7-12,17-19H,1,5-6,13-16H2,2-3H3,(H-,41,42,43,44,45,46)/p+1. The molecule has 1 aromatic heterocycles. The van der Waals surface area contributed by atoms with Crippen LogP contribution in [0.4, 0.5) is 28.9 Å². The molecule has 48 heavy (non-hydrogen) atoms. The zero-order valence-electron chi connectivity index (χ0n) is 25.8. The van der Waals surface area contributed by atoms with E-state index in [2.05, 4.69) is 6.58 Å². The van der Waals surface area contributed by atoms with Gasteiger partial charge >= 0.3 is 6.18 Å². The van der Waals surface area contributed by atoms with Crippen LogP contribution in [0.15, 0.2) is 72.7 Å². The van der Waals surface area contributed by atoms with Crippen molar-refractivity contribution in [2.75, 3.05) is 27.9 Å². The van der Waals surface area contributed by atoms with Crippen LogP contribution in [-0.4, -0.2) is 48.6 Å². The molecule has 17 heteroatoms. The van der Waals surface area contributed by atoms with Crippen molar-refractivity contribution < 1.29 is 48.1 Å². The van der Waals surface area contributed by atoms with Crippen molar-refractivity contribution in [2.45, 2.75) is 32.5 Å². The number of nitrogens with zero attached hydrogens (tertiary/aromatic N) is 5. The number of benzene rings is 2. The minimum absolute atomic E-state index is 0.00283. The maximum atomic E-state index is 14.6.